The van der Waals surface area contributed by atoms with Crippen LogP contribution in [-0.2, 0) is 21.3 Å². The Labute approximate surface area is 144 Å². The topological polar surface area (TPSA) is 91.7 Å². The molecule has 3 atom stereocenters. The Kier molecular flexibility index (Phi) is 8.05. The van der Waals surface area contributed by atoms with Gasteiger partial charge in [-0.25, -0.2) is 0 Å². The molecular weight excluding hydrogens is 347 g/mol. The van der Waals surface area contributed by atoms with Crippen LogP contribution in [0.3, 0.4) is 0 Å². The van der Waals surface area contributed by atoms with E-state index in [0.29, 0.717) is 12.0 Å². The minimum Gasteiger partial charge on any atom is -0.481 e. The van der Waals surface area contributed by atoms with E-state index in [9.17, 15) is 13.2 Å². The number of benzene rings is 2. The Bertz CT molecular complexity index is 732. The summed E-state index contributed by atoms with van der Waals surface area (Å²) >= 11 is 0. The highest BCUT2D eigenvalue weighted by Gasteiger charge is 2.18. The van der Waals surface area contributed by atoms with Crippen molar-refractivity contribution in [2.45, 2.75) is 18.3 Å². The van der Waals surface area contributed by atoms with Crippen molar-refractivity contribution in [1.82, 2.24) is 0 Å². The van der Waals surface area contributed by atoms with Crippen LogP contribution in [0.5, 0.6) is 0 Å². The van der Waals surface area contributed by atoms with Gasteiger partial charge in [0.15, 0.2) is 0 Å². The SMILES string of the molecule is CC(Cc1ccccc1)C(=O)O.O=S(=O)(O)C(P)c1ccccc1. The Morgan fingerprint density at radius 1 is 1.04 bits per heavy atom. The molecular formula is C17H21O5PS. The molecule has 2 N–H and O–H groups in total. The van der Waals surface area contributed by atoms with E-state index < -0.39 is 21.1 Å². The van der Waals surface area contributed by atoms with Gasteiger partial charge in [0.25, 0.3) is 10.1 Å². The smallest absolute Gasteiger partial charge is 0.306 e. The minimum absolute atomic E-state index is 0.299. The van der Waals surface area contributed by atoms with Crippen LogP contribution in [0.1, 0.15) is 23.0 Å². The molecule has 5 nitrogen and oxygen atoms in total. The van der Waals surface area contributed by atoms with Crippen molar-refractivity contribution in [1.29, 1.82) is 0 Å². The van der Waals surface area contributed by atoms with Crippen molar-refractivity contribution in [2.24, 2.45) is 5.92 Å². The van der Waals surface area contributed by atoms with Crippen LogP contribution < -0.4 is 0 Å². The second-order valence-corrected chi connectivity index (χ2v) is 7.96. The molecule has 24 heavy (non-hydrogen) atoms. The molecule has 2 rings (SSSR count). The van der Waals surface area contributed by atoms with Crippen LogP contribution in [0.2, 0.25) is 0 Å². The molecule has 130 valence electrons. The van der Waals surface area contributed by atoms with Gasteiger partial charge in [-0.3, -0.25) is 9.35 Å². The van der Waals surface area contributed by atoms with E-state index in [4.69, 9.17) is 9.66 Å². The first kappa shape index (κ1) is 20.3. The zero-order chi connectivity index (χ0) is 18.2. The molecule has 3 unspecified atom stereocenters. The summed E-state index contributed by atoms with van der Waals surface area (Å²) in [5.74, 6) is -1.04. The highest BCUT2D eigenvalue weighted by molar-refractivity contribution is 7.90. The molecule has 0 aromatic heterocycles. The van der Waals surface area contributed by atoms with Gasteiger partial charge in [-0.15, -0.1) is 9.24 Å². The summed E-state index contributed by atoms with van der Waals surface area (Å²) in [6.07, 6.45) is 0.607. The van der Waals surface area contributed by atoms with E-state index in [0.717, 1.165) is 5.56 Å². The Hall–Kier alpha value is -1.75. The van der Waals surface area contributed by atoms with Gasteiger partial charge in [0.1, 0.15) is 4.99 Å². The highest BCUT2D eigenvalue weighted by Crippen LogP contribution is 2.27. The molecule has 7 heteroatoms. The molecule has 0 aliphatic rings. The lowest BCUT2D eigenvalue weighted by atomic mass is 10.0. The first-order chi connectivity index (χ1) is 11.2. The van der Waals surface area contributed by atoms with Gasteiger partial charge in [-0.2, -0.15) is 8.42 Å². The number of carboxylic acids is 1. The average molecular weight is 368 g/mol. The standard InChI is InChI=1S/C10H12O2.C7H9O3PS/c1-8(10(11)12)7-9-5-3-2-4-6-9;8-12(9,10)7(11)6-4-2-1-3-5-6/h2-6,8H,7H2,1H3,(H,11,12);1-5,7H,11H2,(H,8,9,10). The van der Waals surface area contributed by atoms with Crippen molar-refractivity contribution >= 4 is 25.3 Å². The first-order valence-corrected chi connectivity index (χ1v) is 9.42. The largest absolute Gasteiger partial charge is 0.481 e. The predicted octanol–water partition coefficient (Wildman–Crippen LogP) is 3.40. The van der Waals surface area contributed by atoms with Crippen molar-refractivity contribution in [3.8, 4) is 0 Å². The zero-order valence-corrected chi connectivity index (χ0v) is 15.2. The minimum atomic E-state index is -3.99. The molecule has 0 fully saturated rings. The number of carbonyl (C=O) groups is 1. The lowest BCUT2D eigenvalue weighted by Crippen LogP contribution is -2.11. The molecule has 0 saturated heterocycles. The van der Waals surface area contributed by atoms with E-state index in [2.05, 4.69) is 9.24 Å². The molecule has 0 amide bonds. The normalized spacial score (nSPS) is 13.3. The number of hydrogen-bond donors (Lipinski definition) is 2. The second-order valence-electron chi connectivity index (χ2n) is 5.28. The van der Waals surface area contributed by atoms with E-state index in [1.807, 2.05) is 30.3 Å². The maximum atomic E-state index is 10.7. The quantitative estimate of drug-likeness (QED) is 0.623. The van der Waals surface area contributed by atoms with Gasteiger partial charge in [0, 0.05) is 0 Å². The lowest BCUT2D eigenvalue weighted by molar-refractivity contribution is -0.141. The summed E-state index contributed by atoms with van der Waals surface area (Å²) in [6.45, 7) is 1.72. The number of carboxylic acid groups (broad SMARTS) is 1. The van der Waals surface area contributed by atoms with Crippen LogP contribution in [0.15, 0.2) is 60.7 Å². The van der Waals surface area contributed by atoms with Gasteiger partial charge in [-0.05, 0) is 17.5 Å². The first-order valence-electron chi connectivity index (χ1n) is 7.25. The highest BCUT2D eigenvalue weighted by atomic mass is 32.2. The van der Waals surface area contributed by atoms with Gasteiger partial charge in [0.2, 0.25) is 0 Å². The fourth-order valence-corrected chi connectivity index (χ4v) is 2.59. The Morgan fingerprint density at radius 3 is 1.92 bits per heavy atom. The fourth-order valence-electron chi connectivity index (χ4n) is 1.87. The van der Waals surface area contributed by atoms with Crippen LogP contribution in [-0.4, -0.2) is 24.0 Å². The van der Waals surface area contributed by atoms with Crippen LogP contribution in [0, 0.1) is 5.92 Å². The van der Waals surface area contributed by atoms with Crippen molar-refractivity contribution in [3.63, 3.8) is 0 Å². The monoisotopic (exact) mass is 368 g/mol. The molecule has 0 saturated carbocycles. The molecule has 0 spiro atoms. The van der Waals surface area contributed by atoms with E-state index in [1.165, 1.54) is 0 Å². The van der Waals surface area contributed by atoms with Gasteiger partial charge >= 0.3 is 5.97 Å². The fraction of sp³-hybridized carbons (Fsp3) is 0.235. The number of hydrogen-bond acceptors (Lipinski definition) is 3. The van der Waals surface area contributed by atoms with Crippen molar-refractivity contribution in [3.05, 3.63) is 71.8 Å². The van der Waals surface area contributed by atoms with Crippen molar-refractivity contribution < 1.29 is 22.9 Å². The van der Waals surface area contributed by atoms with Crippen LogP contribution in [0.25, 0.3) is 0 Å². The molecule has 0 aliphatic heterocycles. The number of aliphatic carboxylic acids is 1. The van der Waals surface area contributed by atoms with E-state index in [1.54, 1.807) is 37.3 Å². The van der Waals surface area contributed by atoms with Gasteiger partial charge in [-0.1, -0.05) is 67.6 Å². The van der Waals surface area contributed by atoms with Crippen LogP contribution >= 0.6 is 9.24 Å². The number of rotatable bonds is 5. The average Bonchev–Trinajstić information content (AvgIpc) is 2.55. The summed E-state index contributed by atoms with van der Waals surface area (Å²) in [6, 6.07) is 18.2. The van der Waals surface area contributed by atoms with Crippen LogP contribution in [0.4, 0.5) is 0 Å². The summed E-state index contributed by atoms with van der Waals surface area (Å²) in [5, 5.41) is 8.64. The molecule has 0 heterocycles. The van der Waals surface area contributed by atoms with E-state index in [-0.39, 0.29) is 5.92 Å². The van der Waals surface area contributed by atoms with Crippen molar-refractivity contribution in [2.75, 3.05) is 0 Å². The molecule has 2 aromatic rings. The maximum absolute atomic E-state index is 10.7. The zero-order valence-electron chi connectivity index (χ0n) is 13.2. The predicted molar refractivity (Wildman–Crippen MR) is 97.4 cm³/mol. The third-order valence-electron chi connectivity index (χ3n) is 3.26. The summed E-state index contributed by atoms with van der Waals surface area (Å²) in [5.41, 5.74) is 1.64. The second kappa shape index (κ2) is 9.52. The molecule has 0 radical (unpaired) electrons. The summed E-state index contributed by atoms with van der Waals surface area (Å²) in [4.78, 5) is 9.57. The van der Waals surface area contributed by atoms with E-state index >= 15 is 0 Å². The molecule has 0 aliphatic carbocycles. The summed E-state index contributed by atoms with van der Waals surface area (Å²) < 4.78 is 30.0. The lowest BCUT2D eigenvalue weighted by Gasteiger charge is -2.06. The Morgan fingerprint density at radius 2 is 1.50 bits per heavy atom. The molecule has 0 bridgehead atoms. The van der Waals surface area contributed by atoms with Gasteiger partial charge in [0.05, 0.1) is 5.92 Å². The van der Waals surface area contributed by atoms with Gasteiger partial charge < -0.3 is 5.11 Å². The summed E-state index contributed by atoms with van der Waals surface area (Å²) in [7, 11) is -1.91. The maximum Gasteiger partial charge on any atom is 0.306 e. The molecule has 2 aromatic carbocycles. The third kappa shape index (κ3) is 7.21. The third-order valence-corrected chi connectivity index (χ3v) is 5.59. The Balaban J connectivity index is 0.000000240.